The van der Waals surface area contributed by atoms with Gasteiger partial charge in [-0.2, -0.15) is 35.1 Å². The van der Waals surface area contributed by atoms with E-state index in [1.54, 1.807) is 0 Å². The molecule has 0 saturated heterocycles. The van der Waals surface area contributed by atoms with E-state index >= 15 is 0 Å². The van der Waals surface area contributed by atoms with E-state index in [2.05, 4.69) is 0 Å². The molecule has 114 valence electrons. The second kappa shape index (κ2) is 4.79. The summed E-state index contributed by atoms with van der Waals surface area (Å²) in [4.78, 5) is 19.3. The molecule has 0 aliphatic carbocycles. The number of rotatable bonds is 5. The van der Waals surface area contributed by atoms with Gasteiger partial charge in [-0.3, -0.25) is 0 Å². The molecule has 0 aliphatic rings. The van der Waals surface area contributed by atoms with Gasteiger partial charge >= 0.3 is 35.6 Å². The molecule has 0 radical (unpaired) electrons. The van der Waals surface area contributed by atoms with Crippen molar-refractivity contribution in [3.8, 4) is 0 Å². The van der Waals surface area contributed by atoms with Crippen molar-refractivity contribution in [3.05, 3.63) is 0 Å². The lowest BCUT2D eigenvalue weighted by Crippen LogP contribution is -2.66. The first-order valence-electron chi connectivity index (χ1n) is 3.62. The average Bonchev–Trinajstić information content (AvgIpc) is 2.15. The van der Waals surface area contributed by atoms with Crippen LogP contribution in [0.25, 0.3) is 0 Å². The molecule has 0 atom stereocenters. The molecule has 13 heteroatoms. The van der Waals surface area contributed by atoms with E-state index in [1.165, 1.54) is 0 Å². The Hall–Kier alpha value is -1.66. The Labute approximate surface area is 97.3 Å². The molecule has 5 nitrogen and oxygen atoms in total. The fraction of sp³-hybridized carbons (Fsp3) is 0.667. The minimum atomic E-state index is -7.12. The SMILES string of the molecule is O.O=C(O)C(F)(F)C(F)(F)C(F)(F)C(F)(F)C(=O)O. The van der Waals surface area contributed by atoms with Gasteiger partial charge in [-0.05, 0) is 0 Å². The molecule has 0 bridgehead atoms. The number of carboxylic acids is 2. The molecule has 0 saturated carbocycles. The Morgan fingerprint density at radius 1 is 0.632 bits per heavy atom. The van der Waals surface area contributed by atoms with Crippen molar-refractivity contribution in [2.75, 3.05) is 0 Å². The van der Waals surface area contributed by atoms with Crippen LogP contribution in [0.1, 0.15) is 0 Å². The highest BCUT2D eigenvalue weighted by Crippen LogP contribution is 2.52. The van der Waals surface area contributed by atoms with E-state index in [4.69, 9.17) is 10.2 Å². The molecule has 0 aromatic carbocycles. The molecule has 4 N–H and O–H groups in total. The summed E-state index contributed by atoms with van der Waals surface area (Å²) in [5, 5.41) is 15.2. The van der Waals surface area contributed by atoms with E-state index in [-0.39, 0.29) is 5.48 Å². The summed E-state index contributed by atoms with van der Waals surface area (Å²) in [6.45, 7) is 0. The van der Waals surface area contributed by atoms with E-state index in [1.807, 2.05) is 0 Å². The summed E-state index contributed by atoms with van der Waals surface area (Å²) >= 11 is 0. The highest BCUT2D eigenvalue weighted by atomic mass is 19.4. The average molecular weight is 308 g/mol. The third-order valence-corrected chi connectivity index (χ3v) is 1.72. The van der Waals surface area contributed by atoms with Crippen molar-refractivity contribution in [3.63, 3.8) is 0 Å². The first kappa shape index (κ1) is 19.7. The molecular weight excluding hydrogens is 304 g/mol. The van der Waals surface area contributed by atoms with Crippen LogP contribution in [0.3, 0.4) is 0 Å². The number of carboxylic acid groups (broad SMARTS) is 2. The van der Waals surface area contributed by atoms with Gasteiger partial charge in [0, 0.05) is 0 Å². The van der Waals surface area contributed by atoms with Crippen molar-refractivity contribution in [2.24, 2.45) is 0 Å². The molecule has 0 aromatic heterocycles. The van der Waals surface area contributed by atoms with Gasteiger partial charge in [0.2, 0.25) is 0 Å². The van der Waals surface area contributed by atoms with Crippen LogP contribution < -0.4 is 0 Å². The van der Waals surface area contributed by atoms with Crippen LogP contribution >= 0.6 is 0 Å². The Morgan fingerprint density at radius 3 is 0.895 bits per heavy atom. The Bertz CT molecular complexity index is 342. The normalized spacial score (nSPS) is 13.7. The number of alkyl halides is 8. The summed E-state index contributed by atoms with van der Waals surface area (Å²) in [6, 6.07) is 0. The maximum absolute atomic E-state index is 12.5. The molecule has 0 spiro atoms. The quantitative estimate of drug-likeness (QED) is 0.735. The zero-order valence-corrected chi connectivity index (χ0v) is 8.23. The lowest BCUT2D eigenvalue weighted by atomic mass is 9.99. The Kier molecular flexibility index (Phi) is 4.96. The van der Waals surface area contributed by atoms with E-state index in [9.17, 15) is 44.7 Å². The fourth-order valence-electron chi connectivity index (χ4n) is 0.663. The number of halogens is 8. The van der Waals surface area contributed by atoms with Crippen LogP contribution in [0.2, 0.25) is 0 Å². The van der Waals surface area contributed by atoms with Gasteiger partial charge in [0.1, 0.15) is 0 Å². The number of hydrogen-bond donors (Lipinski definition) is 2. The monoisotopic (exact) mass is 308 g/mol. The molecule has 0 heterocycles. The zero-order chi connectivity index (χ0) is 15.2. The standard InChI is InChI=1S/C6H2F8O4.H2O/c7-3(8,1(15)16)5(11,12)6(13,14)4(9,10)2(17)18;/h(H,15,16)(H,17,18);1H2. The second-order valence-corrected chi connectivity index (χ2v) is 2.91. The molecule has 0 amide bonds. The lowest BCUT2D eigenvalue weighted by Gasteiger charge is -2.32. The lowest BCUT2D eigenvalue weighted by molar-refractivity contribution is -0.353. The van der Waals surface area contributed by atoms with Gasteiger partial charge < -0.3 is 15.7 Å². The van der Waals surface area contributed by atoms with Crippen molar-refractivity contribution in [1.29, 1.82) is 0 Å². The minimum Gasteiger partial charge on any atom is -0.477 e. The Morgan fingerprint density at radius 2 is 0.789 bits per heavy atom. The number of aliphatic carboxylic acids is 2. The predicted molar refractivity (Wildman–Crippen MR) is 38.7 cm³/mol. The minimum absolute atomic E-state index is 0. The zero-order valence-electron chi connectivity index (χ0n) is 8.23. The van der Waals surface area contributed by atoms with Crippen LogP contribution in [-0.4, -0.2) is 51.3 Å². The summed E-state index contributed by atoms with van der Waals surface area (Å²) in [5.74, 6) is -35.0. The summed E-state index contributed by atoms with van der Waals surface area (Å²) in [6.07, 6.45) is 0. The van der Waals surface area contributed by atoms with Crippen LogP contribution in [0, 0.1) is 0 Å². The highest BCUT2D eigenvalue weighted by molar-refractivity contribution is 5.80. The Balaban J connectivity index is 0. The number of carbonyl (C=O) groups is 2. The van der Waals surface area contributed by atoms with Crippen LogP contribution in [0.5, 0.6) is 0 Å². The van der Waals surface area contributed by atoms with E-state index in [0.717, 1.165) is 0 Å². The summed E-state index contributed by atoms with van der Waals surface area (Å²) in [7, 11) is 0. The van der Waals surface area contributed by atoms with Crippen LogP contribution in [0.15, 0.2) is 0 Å². The van der Waals surface area contributed by atoms with Gasteiger partial charge in [-0.25, -0.2) is 9.59 Å². The van der Waals surface area contributed by atoms with E-state index < -0.39 is 35.6 Å². The molecular formula is C6H4F8O5. The van der Waals surface area contributed by atoms with Gasteiger partial charge in [0.25, 0.3) is 0 Å². The van der Waals surface area contributed by atoms with Crippen LogP contribution in [0.4, 0.5) is 35.1 Å². The predicted octanol–water partition coefficient (Wildman–Crippen LogP) is 0.872. The van der Waals surface area contributed by atoms with E-state index in [0.29, 0.717) is 0 Å². The molecule has 0 unspecified atom stereocenters. The van der Waals surface area contributed by atoms with Gasteiger partial charge in [-0.15, -0.1) is 0 Å². The van der Waals surface area contributed by atoms with Crippen molar-refractivity contribution in [1.82, 2.24) is 0 Å². The summed E-state index contributed by atoms with van der Waals surface area (Å²) < 4.78 is 98.9. The van der Waals surface area contributed by atoms with Crippen molar-refractivity contribution < 1.29 is 60.4 Å². The first-order valence-corrected chi connectivity index (χ1v) is 3.62. The molecule has 0 aliphatic heterocycles. The maximum atomic E-state index is 12.5. The molecule has 0 fully saturated rings. The highest BCUT2D eigenvalue weighted by Gasteiger charge is 2.85. The van der Waals surface area contributed by atoms with Gasteiger partial charge in [0.15, 0.2) is 0 Å². The van der Waals surface area contributed by atoms with Gasteiger partial charge in [0.05, 0.1) is 0 Å². The second-order valence-electron chi connectivity index (χ2n) is 2.91. The van der Waals surface area contributed by atoms with Crippen LogP contribution in [-0.2, 0) is 9.59 Å². The van der Waals surface area contributed by atoms with Gasteiger partial charge in [-0.1, -0.05) is 0 Å². The molecule has 0 aromatic rings. The topological polar surface area (TPSA) is 106 Å². The smallest absolute Gasteiger partial charge is 0.410 e. The molecule has 19 heavy (non-hydrogen) atoms. The first-order chi connectivity index (χ1) is 7.64. The number of hydrogen-bond acceptors (Lipinski definition) is 2. The largest absolute Gasteiger partial charge is 0.477 e. The fourth-order valence-corrected chi connectivity index (χ4v) is 0.663. The summed E-state index contributed by atoms with van der Waals surface area (Å²) in [5.41, 5.74) is 0. The molecule has 0 rings (SSSR count). The van der Waals surface area contributed by atoms with Crippen molar-refractivity contribution in [2.45, 2.75) is 23.7 Å². The maximum Gasteiger partial charge on any atom is 0.410 e. The third kappa shape index (κ3) is 2.41. The van der Waals surface area contributed by atoms with Crippen molar-refractivity contribution >= 4 is 11.9 Å². The third-order valence-electron chi connectivity index (χ3n) is 1.72.